The van der Waals surface area contributed by atoms with Crippen LogP contribution in [0.2, 0.25) is 0 Å². The van der Waals surface area contributed by atoms with Gasteiger partial charge in [-0.25, -0.2) is 0 Å². The van der Waals surface area contributed by atoms with Gasteiger partial charge in [0.2, 0.25) is 0 Å². The molecule has 0 amide bonds. The van der Waals surface area contributed by atoms with Crippen molar-refractivity contribution in [2.24, 2.45) is 5.92 Å². The molecule has 3 heteroatoms. The van der Waals surface area contributed by atoms with Crippen LogP contribution in [0.1, 0.15) is 12.0 Å². The van der Waals surface area contributed by atoms with Crippen LogP contribution in [-0.4, -0.2) is 45.0 Å². The molecule has 1 saturated heterocycles. The molecular formula is C15H21NO2. The van der Waals surface area contributed by atoms with E-state index in [-0.39, 0.29) is 5.41 Å². The molecule has 0 N–H and O–H groups in total. The highest BCUT2D eigenvalue weighted by molar-refractivity contribution is 5.38. The van der Waals surface area contributed by atoms with Gasteiger partial charge in [0.25, 0.3) is 0 Å². The molecule has 2 atom stereocenters. The van der Waals surface area contributed by atoms with Crippen molar-refractivity contribution < 1.29 is 9.47 Å². The maximum Gasteiger partial charge on any atom is 0.179 e. The van der Waals surface area contributed by atoms with Crippen LogP contribution in [-0.2, 0) is 14.9 Å². The number of nitrogens with zero attached hydrogens (tertiary/aromatic N) is 1. The summed E-state index contributed by atoms with van der Waals surface area (Å²) in [6.45, 7) is 2.13. The van der Waals surface area contributed by atoms with Crippen molar-refractivity contribution in [1.29, 1.82) is 0 Å². The Hall–Kier alpha value is -0.900. The molecule has 2 aliphatic rings. The Morgan fingerprint density at radius 2 is 1.83 bits per heavy atom. The van der Waals surface area contributed by atoms with Gasteiger partial charge in [0.05, 0.1) is 5.41 Å². The SMILES string of the molecule is COC1(OC)CC2CN(C)CC21c1ccccc1. The lowest BCUT2D eigenvalue weighted by Gasteiger charge is -2.59. The molecule has 98 valence electrons. The highest BCUT2D eigenvalue weighted by Crippen LogP contribution is 2.61. The van der Waals surface area contributed by atoms with Crippen LogP contribution in [0.3, 0.4) is 0 Å². The lowest BCUT2D eigenvalue weighted by atomic mass is 9.53. The van der Waals surface area contributed by atoms with E-state index in [1.807, 2.05) is 0 Å². The first-order valence-corrected chi connectivity index (χ1v) is 6.53. The Kier molecular flexibility index (Phi) is 2.73. The van der Waals surface area contributed by atoms with Crippen LogP contribution in [0, 0.1) is 5.92 Å². The first-order valence-electron chi connectivity index (χ1n) is 6.53. The number of benzene rings is 1. The minimum absolute atomic E-state index is 0.00743. The van der Waals surface area contributed by atoms with Gasteiger partial charge in [0.1, 0.15) is 0 Å². The predicted octanol–water partition coefficient (Wildman–Crippen LogP) is 1.88. The second-order valence-electron chi connectivity index (χ2n) is 5.60. The van der Waals surface area contributed by atoms with Crippen LogP contribution in [0.25, 0.3) is 0 Å². The number of hydrogen-bond donors (Lipinski definition) is 0. The summed E-state index contributed by atoms with van der Waals surface area (Å²) in [7, 11) is 5.71. The molecule has 1 aromatic rings. The maximum atomic E-state index is 5.79. The smallest absolute Gasteiger partial charge is 0.179 e. The van der Waals surface area contributed by atoms with Crippen LogP contribution < -0.4 is 0 Å². The number of methoxy groups -OCH3 is 2. The Morgan fingerprint density at radius 1 is 1.17 bits per heavy atom. The zero-order valence-corrected chi connectivity index (χ0v) is 11.3. The van der Waals surface area contributed by atoms with Crippen molar-refractivity contribution in [2.45, 2.75) is 17.6 Å². The van der Waals surface area contributed by atoms with E-state index in [0.717, 1.165) is 19.5 Å². The fraction of sp³-hybridized carbons (Fsp3) is 0.600. The Labute approximate surface area is 109 Å². The molecule has 1 aliphatic carbocycles. The Balaban J connectivity index is 2.09. The largest absolute Gasteiger partial charge is 0.352 e. The molecule has 2 fully saturated rings. The summed E-state index contributed by atoms with van der Waals surface area (Å²) in [5.74, 6) is 0.175. The van der Waals surface area contributed by atoms with Crippen LogP contribution in [0.15, 0.2) is 30.3 Å². The second kappa shape index (κ2) is 4.05. The molecule has 1 heterocycles. The van der Waals surface area contributed by atoms with Crippen molar-refractivity contribution in [3.8, 4) is 0 Å². The van der Waals surface area contributed by atoms with E-state index in [1.165, 1.54) is 5.56 Å². The zero-order chi connectivity index (χ0) is 12.8. The summed E-state index contributed by atoms with van der Waals surface area (Å²) in [5, 5.41) is 0. The number of rotatable bonds is 3. The van der Waals surface area contributed by atoms with Crippen LogP contribution in [0.4, 0.5) is 0 Å². The zero-order valence-electron chi connectivity index (χ0n) is 11.3. The average Bonchev–Trinajstić information content (AvgIpc) is 2.67. The molecule has 0 aromatic heterocycles. The third kappa shape index (κ3) is 1.30. The molecule has 3 nitrogen and oxygen atoms in total. The number of fused-ring (bicyclic) bond motifs is 1. The van der Waals surface area contributed by atoms with Crippen molar-refractivity contribution >= 4 is 0 Å². The third-order valence-electron chi connectivity index (χ3n) is 4.89. The Morgan fingerprint density at radius 3 is 2.39 bits per heavy atom. The van der Waals surface area contributed by atoms with E-state index in [1.54, 1.807) is 14.2 Å². The number of likely N-dealkylation sites (N-methyl/N-ethyl adjacent to an activating group) is 1. The summed E-state index contributed by atoms with van der Waals surface area (Å²) >= 11 is 0. The van der Waals surface area contributed by atoms with Gasteiger partial charge in [-0.1, -0.05) is 30.3 Å². The predicted molar refractivity (Wildman–Crippen MR) is 70.5 cm³/mol. The molecule has 1 saturated carbocycles. The summed E-state index contributed by atoms with van der Waals surface area (Å²) < 4.78 is 11.6. The molecule has 0 radical (unpaired) electrons. The van der Waals surface area contributed by atoms with E-state index in [4.69, 9.17) is 9.47 Å². The van der Waals surface area contributed by atoms with Crippen molar-refractivity contribution in [3.05, 3.63) is 35.9 Å². The van der Waals surface area contributed by atoms with Crippen LogP contribution >= 0.6 is 0 Å². The van der Waals surface area contributed by atoms with Gasteiger partial charge < -0.3 is 14.4 Å². The molecule has 0 bridgehead atoms. The van der Waals surface area contributed by atoms with Gasteiger partial charge in [-0.05, 0) is 18.5 Å². The molecule has 2 unspecified atom stereocenters. The molecule has 3 rings (SSSR count). The quantitative estimate of drug-likeness (QED) is 0.761. The summed E-state index contributed by atoms with van der Waals surface area (Å²) in [5.41, 5.74) is 1.33. The minimum atomic E-state index is -0.455. The van der Waals surface area contributed by atoms with Crippen molar-refractivity contribution in [3.63, 3.8) is 0 Å². The maximum absolute atomic E-state index is 5.79. The molecule has 18 heavy (non-hydrogen) atoms. The van der Waals surface area contributed by atoms with Gasteiger partial charge in [-0.2, -0.15) is 0 Å². The van der Waals surface area contributed by atoms with Gasteiger partial charge in [-0.15, -0.1) is 0 Å². The standard InChI is InChI=1S/C15H21NO2/c1-16-10-13-9-15(17-2,18-3)14(13,11-16)12-7-5-4-6-8-12/h4-8,13H,9-11H2,1-3H3. The van der Waals surface area contributed by atoms with E-state index in [2.05, 4.69) is 42.3 Å². The van der Waals surface area contributed by atoms with Crippen molar-refractivity contribution in [2.75, 3.05) is 34.4 Å². The van der Waals surface area contributed by atoms with Gasteiger partial charge in [0.15, 0.2) is 5.79 Å². The summed E-state index contributed by atoms with van der Waals surface area (Å²) in [6.07, 6.45) is 0.985. The molecule has 1 aromatic carbocycles. The number of hydrogen-bond acceptors (Lipinski definition) is 3. The molecule has 0 spiro atoms. The lowest BCUT2D eigenvalue weighted by Crippen LogP contribution is -2.68. The first-order chi connectivity index (χ1) is 8.68. The van der Waals surface area contributed by atoms with Gasteiger partial charge >= 0.3 is 0 Å². The van der Waals surface area contributed by atoms with E-state index in [9.17, 15) is 0 Å². The van der Waals surface area contributed by atoms with Gasteiger partial charge in [0, 0.05) is 33.7 Å². The van der Waals surface area contributed by atoms with E-state index >= 15 is 0 Å². The number of likely N-dealkylation sites (tertiary alicyclic amines) is 1. The summed E-state index contributed by atoms with van der Waals surface area (Å²) in [4.78, 5) is 2.39. The van der Waals surface area contributed by atoms with E-state index < -0.39 is 5.79 Å². The lowest BCUT2D eigenvalue weighted by molar-refractivity contribution is -0.314. The fourth-order valence-corrected chi connectivity index (χ4v) is 4.09. The highest BCUT2D eigenvalue weighted by atomic mass is 16.7. The summed E-state index contributed by atoms with van der Waals surface area (Å²) in [6, 6.07) is 10.7. The normalized spacial score (nSPS) is 34.1. The highest BCUT2D eigenvalue weighted by Gasteiger charge is 2.70. The Bertz CT molecular complexity index is 429. The third-order valence-corrected chi connectivity index (χ3v) is 4.89. The molecular weight excluding hydrogens is 226 g/mol. The van der Waals surface area contributed by atoms with Crippen molar-refractivity contribution in [1.82, 2.24) is 4.90 Å². The van der Waals surface area contributed by atoms with E-state index in [0.29, 0.717) is 5.92 Å². The monoisotopic (exact) mass is 247 g/mol. The van der Waals surface area contributed by atoms with Crippen LogP contribution in [0.5, 0.6) is 0 Å². The molecule has 1 aliphatic heterocycles. The topological polar surface area (TPSA) is 21.7 Å². The minimum Gasteiger partial charge on any atom is -0.352 e. The average molecular weight is 247 g/mol. The first kappa shape index (κ1) is 12.2. The van der Waals surface area contributed by atoms with Gasteiger partial charge in [-0.3, -0.25) is 0 Å². The fourth-order valence-electron chi connectivity index (χ4n) is 4.09. The number of ether oxygens (including phenoxy) is 2. The second-order valence-corrected chi connectivity index (χ2v) is 5.60.